The van der Waals surface area contributed by atoms with Crippen LogP contribution >= 0.6 is 11.6 Å². The van der Waals surface area contributed by atoms with E-state index >= 15 is 0 Å². The smallest absolute Gasteiger partial charge is 0.319 e. The molecule has 0 spiro atoms. The maximum Gasteiger partial charge on any atom is 0.319 e. The summed E-state index contributed by atoms with van der Waals surface area (Å²) in [6.07, 6.45) is 1.85. The number of halogens is 1. The van der Waals surface area contributed by atoms with Crippen molar-refractivity contribution in [2.75, 3.05) is 32.5 Å². The number of amides is 2. The molecule has 0 atom stereocenters. The lowest BCUT2D eigenvalue weighted by atomic mass is 10.1. The van der Waals surface area contributed by atoms with Crippen LogP contribution < -0.4 is 5.32 Å². The van der Waals surface area contributed by atoms with E-state index in [4.69, 9.17) is 11.6 Å². The topological polar surface area (TPSA) is 48.5 Å². The summed E-state index contributed by atoms with van der Waals surface area (Å²) in [4.78, 5) is 19.5. The minimum absolute atomic E-state index is 0.0827. The molecule has 0 aliphatic carbocycles. The normalized spacial score (nSPS) is 16.3. The van der Waals surface area contributed by atoms with E-state index < -0.39 is 0 Å². The Balaban J connectivity index is 1.85. The van der Waals surface area contributed by atoms with E-state index in [0.29, 0.717) is 11.2 Å². The molecule has 1 aromatic rings. The fourth-order valence-corrected chi connectivity index (χ4v) is 2.36. The quantitative estimate of drug-likeness (QED) is 0.847. The van der Waals surface area contributed by atoms with E-state index in [9.17, 15) is 4.79 Å². The lowest BCUT2D eigenvalue weighted by Crippen LogP contribution is -2.46. The second kappa shape index (κ2) is 6.10. The number of likely N-dealkylation sites (tertiary alicyclic amines) is 1. The zero-order valence-electron chi connectivity index (χ0n) is 11.3. The highest BCUT2D eigenvalue weighted by atomic mass is 35.5. The van der Waals surface area contributed by atoms with E-state index in [2.05, 4.69) is 10.3 Å². The standard InChI is InChI=1S/C13H19ClN4O/c1-17(2)13(19)18-8-6-10(7-9-18)15-12-5-3-4-11(14)16-12/h3-5,10H,6-9H2,1-2H3,(H,15,16). The monoisotopic (exact) mass is 282 g/mol. The number of pyridine rings is 1. The van der Waals surface area contributed by atoms with Crippen molar-refractivity contribution in [3.05, 3.63) is 23.4 Å². The molecule has 1 aromatic heterocycles. The first-order valence-electron chi connectivity index (χ1n) is 6.41. The van der Waals surface area contributed by atoms with Gasteiger partial charge in [-0.05, 0) is 25.0 Å². The third kappa shape index (κ3) is 3.73. The van der Waals surface area contributed by atoms with E-state index in [1.165, 1.54) is 0 Å². The molecule has 0 saturated carbocycles. The van der Waals surface area contributed by atoms with Gasteiger partial charge in [0.15, 0.2) is 0 Å². The fraction of sp³-hybridized carbons (Fsp3) is 0.538. The van der Waals surface area contributed by atoms with Gasteiger partial charge in [-0.3, -0.25) is 0 Å². The van der Waals surface area contributed by atoms with Crippen molar-refractivity contribution in [2.45, 2.75) is 18.9 Å². The number of anilines is 1. The molecule has 1 aliphatic rings. The third-order valence-corrected chi connectivity index (χ3v) is 3.43. The van der Waals surface area contributed by atoms with Gasteiger partial charge in [0.2, 0.25) is 0 Å². The molecule has 1 fully saturated rings. The van der Waals surface area contributed by atoms with Gasteiger partial charge in [-0.25, -0.2) is 9.78 Å². The van der Waals surface area contributed by atoms with Crippen molar-refractivity contribution in [3.63, 3.8) is 0 Å². The largest absolute Gasteiger partial charge is 0.367 e. The van der Waals surface area contributed by atoms with E-state index in [1.807, 2.05) is 17.0 Å². The average molecular weight is 283 g/mol. The average Bonchev–Trinajstić information content (AvgIpc) is 2.39. The van der Waals surface area contributed by atoms with Crippen molar-refractivity contribution in [3.8, 4) is 0 Å². The summed E-state index contributed by atoms with van der Waals surface area (Å²) in [6.45, 7) is 1.55. The maximum atomic E-state index is 11.8. The van der Waals surface area contributed by atoms with Crippen LogP contribution in [0.1, 0.15) is 12.8 Å². The zero-order chi connectivity index (χ0) is 13.8. The van der Waals surface area contributed by atoms with E-state index in [-0.39, 0.29) is 6.03 Å². The number of nitrogens with zero attached hydrogens (tertiary/aromatic N) is 3. The van der Waals surface area contributed by atoms with Crippen LogP contribution in [0.2, 0.25) is 5.15 Å². The molecular weight excluding hydrogens is 264 g/mol. The number of urea groups is 1. The number of rotatable bonds is 2. The van der Waals surface area contributed by atoms with Gasteiger partial charge in [-0.1, -0.05) is 17.7 Å². The maximum absolute atomic E-state index is 11.8. The van der Waals surface area contributed by atoms with Gasteiger partial charge in [-0.15, -0.1) is 0 Å². The second-order valence-corrected chi connectivity index (χ2v) is 5.32. The first-order valence-corrected chi connectivity index (χ1v) is 6.79. The summed E-state index contributed by atoms with van der Waals surface area (Å²) >= 11 is 5.85. The number of carbonyl (C=O) groups excluding carboxylic acids is 1. The number of carbonyl (C=O) groups is 1. The first-order chi connectivity index (χ1) is 9.06. The van der Waals surface area contributed by atoms with E-state index in [1.54, 1.807) is 25.1 Å². The predicted octanol–water partition coefficient (Wildman–Crippen LogP) is 2.29. The van der Waals surface area contributed by atoms with Crippen LogP contribution in [-0.4, -0.2) is 54.0 Å². The highest BCUT2D eigenvalue weighted by Crippen LogP contribution is 2.17. The Hall–Kier alpha value is -1.49. The minimum Gasteiger partial charge on any atom is -0.367 e. The van der Waals surface area contributed by atoms with Gasteiger partial charge < -0.3 is 15.1 Å². The Kier molecular flexibility index (Phi) is 4.47. The molecule has 1 saturated heterocycles. The molecule has 1 N–H and O–H groups in total. The Morgan fingerprint density at radius 3 is 2.68 bits per heavy atom. The predicted molar refractivity (Wildman–Crippen MR) is 76.5 cm³/mol. The molecule has 6 heteroatoms. The number of hydrogen-bond donors (Lipinski definition) is 1. The number of hydrogen-bond acceptors (Lipinski definition) is 3. The van der Waals surface area contributed by atoms with Gasteiger partial charge in [0, 0.05) is 33.2 Å². The number of nitrogens with one attached hydrogen (secondary N) is 1. The van der Waals surface area contributed by atoms with Gasteiger partial charge in [-0.2, -0.15) is 0 Å². The summed E-state index contributed by atoms with van der Waals surface area (Å²) in [7, 11) is 3.56. The van der Waals surface area contributed by atoms with E-state index in [0.717, 1.165) is 31.7 Å². The summed E-state index contributed by atoms with van der Waals surface area (Å²) < 4.78 is 0. The molecular formula is C13H19ClN4O. The molecule has 0 aromatic carbocycles. The number of aromatic nitrogens is 1. The van der Waals surface area contributed by atoms with Crippen LogP contribution in [0.5, 0.6) is 0 Å². The van der Waals surface area contributed by atoms with Crippen LogP contribution in [0.15, 0.2) is 18.2 Å². The van der Waals surface area contributed by atoms with Crippen molar-refractivity contribution in [1.82, 2.24) is 14.8 Å². The molecule has 1 aliphatic heterocycles. The van der Waals surface area contributed by atoms with Gasteiger partial charge >= 0.3 is 6.03 Å². The summed E-state index contributed by atoms with van der Waals surface area (Å²) in [5, 5.41) is 3.85. The van der Waals surface area contributed by atoms with Crippen molar-refractivity contribution < 1.29 is 4.79 Å². The summed E-state index contributed by atoms with van der Waals surface area (Å²) in [6, 6.07) is 5.97. The Labute approximate surface area is 118 Å². The summed E-state index contributed by atoms with van der Waals surface area (Å²) in [5.74, 6) is 0.796. The van der Waals surface area contributed by atoms with Crippen molar-refractivity contribution >= 4 is 23.4 Å². The molecule has 5 nitrogen and oxygen atoms in total. The molecule has 0 radical (unpaired) electrons. The molecule has 0 bridgehead atoms. The van der Waals surface area contributed by atoms with Crippen molar-refractivity contribution in [2.24, 2.45) is 0 Å². The molecule has 2 rings (SSSR count). The van der Waals surface area contributed by atoms with Gasteiger partial charge in [0.1, 0.15) is 11.0 Å². The fourth-order valence-electron chi connectivity index (χ4n) is 2.20. The number of piperidine rings is 1. The van der Waals surface area contributed by atoms with Gasteiger partial charge in [0.05, 0.1) is 0 Å². The van der Waals surface area contributed by atoms with Crippen LogP contribution in [-0.2, 0) is 0 Å². The molecule has 2 heterocycles. The molecule has 104 valence electrons. The Bertz CT molecular complexity index is 444. The van der Waals surface area contributed by atoms with Crippen LogP contribution in [0.3, 0.4) is 0 Å². The first kappa shape index (κ1) is 13.9. The highest BCUT2D eigenvalue weighted by Gasteiger charge is 2.23. The molecule has 19 heavy (non-hydrogen) atoms. The minimum atomic E-state index is 0.0827. The molecule has 0 unspecified atom stereocenters. The van der Waals surface area contributed by atoms with Crippen LogP contribution in [0.4, 0.5) is 10.6 Å². The van der Waals surface area contributed by atoms with Crippen LogP contribution in [0.25, 0.3) is 0 Å². The summed E-state index contributed by atoms with van der Waals surface area (Å²) in [5.41, 5.74) is 0. The van der Waals surface area contributed by atoms with Crippen LogP contribution in [0, 0.1) is 0 Å². The molecule has 2 amide bonds. The lowest BCUT2D eigenvalue weighted by Gasteiger charge is -2.34. The second-order valence-electron chi connectivity index (χ2n) is 4.93. The van der Waals surface area contributed by atoms with Crippen molar-refractivity contribution in [1.29, 1.82) is 0 Å². The Morgan fingerprint density at radius 2 is 2.11 bits per heavy atom. The highest BCUT2D eigenvalue weighted by molar-refractivity contribution is 6.29. The van der Waals surface area contributed by atoms with Gasteiger partial charge in [0.25, 0.3) is 0 Å². The lowest BCUT2D eigenvalue weighted by molar-refractivity contribution is 0.158. The SMILES string of the molecule is CN(C)C(=O)N1CCC(Nc2cccc(Cl)n2)CC1. The zero-order valence-corrected chi connectivity index (χ0v) is 12.0. The Morgan fingerprint density at radius 1 is 1.42 bits per heavy atom. The third-order valence-electron chi connectivity index (χ3n) is 3.22.